The minimum absolute atomic E-state index is 0.0156. The van der Waals surface area contributed by atoms with Gasteiger partial charge in [0, 0.05) is 30.1 Å². The summed E-state index contributed by atoms with van der Waals surface area (Å²) < 4.78 is 21.2. The van der Waals surface area contributed by atoms with Crippen molar-refractivity contribution >= 4 is 5.97 Å². The number of aromatic nitrogens is 3. The highest BCUT2D eigenvalue weighted by Crippen LogP contribution is 2.34. The standard InChI is InChI=1S/C28H22FN3O3/c29-22-10-6-19(7-11-22)15-32-16-24(25(17-32)26-14-27(28(33)34)31-30-26)21-8-12-23(13-9-21)35-18-20-4-2-1-3-5-20/h1-14,16-17H,15,18H2,(H,30,31)(H,33,34). The molecule has 0 aliphatic heterocycles. The molecule has 0 spiro atoms. The van der Waals surface area contributed by atoms with Crippen LogP contribution in [0.5, 0.6) is 5.75 Å². The third kappa shape index (κ3) is 5.14. The Morgan fingerprint density at radius 3 is 2.31 bits per heavy atom. The largest absolute Gasteiger partial charge is 0.489 e. The number of carbonyl (C=O) groups is 1. The summed E-state index contributed by atoms with van der Waals surface area (Å²) in [5, 5.41) is 16.1. The SMILES string of the molecule is O=C(O)c1cc(-c2cn(Cc3ccc(F)cc3)cc2-c2ccc(OCc3ccccc3)cc2)n[nH]1. The second-order valence-corrected chi connectivity index (χ2v) is 8.16. The average Bonchev–Trinajstić information content (AvgIpc) is 3.53. The molecule has 6 nitrogen and oxygen atoms in total. The fourth-order valence-corrected chi connectivity index (χ4v) is 3.87. The van der Waals surface area contributed by atoms with Gasteiger partial charge in [0.05, 0.1) is 5.69 Å². The molecule has 35 heavy (non-hydrogen) atoms. The van der Waals surface area contributed by atoms with Gasteiger partial charge in [0.25, 0.3) is 0 Å². The molecule has 0 bridgehead atoms. The second kappa shape index (κ2) is 9.69. The van der Waals surface area contributed by atoms with E-state index in [1.54, 1.807) is 12.1 Å². The first-order valence-corrected chi connectivity index (χ1v) is 11.1. The van der Waals surface area contributed by atoms with Crippen LogP contribution in [0.3, 0.4) is 0 Å². The van der Waals surface area contributed by atoms with Crippen molar-refractivity contribution in [3.8, 4) is 28.1 Å². The van der Waals surface area contributed by atoms with E-state index in [2.05, 4.69) is 10.2 Å². The Labute approximate surface area is 201 Å². The number of hydrogen-bond donors (Lipinski definition) is 2. The zero-order valence-corrected chi connectivity index (χ0v) is 18.7. The molecular weight excluding hydrogens is 445 g/mol. The fourth-order valence-electron chi connectivity index (χ4n) is 3.87. The lowest BCUT2D eigenvalue weighted by atomic mass is 10.0. The Bertz CT molecular complexity index is 1440. The van der Waals surface area contributed by atoms with Crippen LogP contribution in [0.15, 0.2) is 97.3 Å². The van der Waals surface area contributed by atoms with Gasteiger partial charge in [0.1, 0.15) is 23.9 Å². The molecule has 0 aliphatic rings. The van der Waals surface area contributed by atoms with E-state index in [4.69, 9.17) is 4.74 Å². The molecule has 5 rings (SSSR count). The molecule has 0 fully saturated rings. The highest BCUT2D eigenvalue weighted by atomic mass is 19.1. The van der Waals surface area contributed by atoms with Crippen LogP contribution in [0.4, 0.5) is 4.39 Å². The molecule has 174 valence electrons. The number of ether oxygens (including phenoxy) is 1. The first kappa shape index (κ1) is 22.2. The number of aromatic amines is 1. The van der Waals surface area contributed by atoms with Gasteiger partial charge < -0.3 is 14.4 Å². The first-order valence-electron chi connectivity index (χ1n) is 11.1. The fraction of sp³-hybridized carbons (Fsp3) is 0.0714. The molecule has 2 heterocycles. The summed E-state index contributed by atoms with van der Waals surface area (Å²) in [6.07, 6.45) is 3.90. The van der Waals surface area contributed by atoms with E-state index in [1.165, 1.54) is 18.2 Å². The van der Waals surface area contributed by atoms with E-state index in [1.807, 2.05) is 71.6 Å². The van der Waals surface area contributed by atoms with Crippen molar-refractivity contribution in [2.75, 3.05) is 0 Å². The Kier molecular flexibility index (Phi) is 6.13. The molecule has 0 saturated heterocycles. The summed E-state index contributed by atoms with van der Waals surface area (Å²) in [5.41, 5.74) is 5.19. The van der Waals surface area contributed by atoms with Gasteiger partial charge in [0.15, 0.2) is 0 Å². The lowest BCUT2D eigenvalue weighted by Crippen LogP contribution is -1.96. The Morgan fingerprint density at radius 1 is 0.914 bits per heavy atom. The Hall–Kier alpha value is -4.65. The summed E-state index contributed by atoms with van der Waals surface area (Å²) >= 11 is 0. The number of nitrogens with zero attached hydrogens (tertiary/aromatic N) is 2. The summed E-state index contributed by atoms with van der Waals surface area (Å²) in [6.45, 7) is 1.01. The number of carboxylic acids is 1. The molecule has 3 aromatic carbocycles. The predicted octanol–water partition coefficient (Wildman–Crippen LogP) is 6.01. The van der Waals surface area contributed by atoms with Crippen molar-refractivity contribution in [2.45, 2.75) is 13.2 Å². The second-order valence-electron chi connectivity index (χ2n) is 8.16. The van der Waals surface area contributed by atoms with Gasteiger partial charge >= 0.3 is 5.97 Å². The zero-order chi connectivity index (χ0) is 24.2. The Balaban J connectivity index is 1.44. The van der Waals surface area contributed by atoms with Gasteiger partial charge in [-0.05, 0) is 47.0 Å². The smallest absolute Gasteiger partial charge is 0.353 e. The van der Waals surface area contributed by atoms with Crippen molar-refractivity contribution in [2.24, 2.45) is 0 Å². The van der Waals surface area contributed by atoms with Crippen LogP contribution in [0.1, 0.15) is 21.6 Å². The molecule has 0 atom stereocenters. The van der Waals surface area contributed by atoms with E-state index in [0.717, 1.165) is 33.6 Å². The highest BCUT2D eigenvalue weighted by molar-refractivity contribution is 5.89. The minimum Gasteiger partial charge on any atom is -0.489 e. The van der Waals surface area contributed by atoms with Crippen LogP contribution < -0.4 is 4.74 Å². The average molecular weight is 468 g/mol. The molecule has 0 aliphatic carbocycles. The number of halogens is 1. The minimum atomic E-state index is -1.07. The van der Waals surface area contributed by atoms with E-state index >= 15 is 0 Å². The summed E-state index contributed by atoms with van der Waals surface area (Å²) in [5.74, 6) is -0.608. The predicted molar refractivity (Wildman–Crippen MR) is 131 cm³/mol. The van der Waals surface area contributed by atoms with Crippen molar-refractivity contribution in [3.63, 3.8) is 0 Å². The third-order valence-electron chi connectivity index (χ3n) is 5.66. The quantitative estimate of drug-likeness (QED) is 0.293. The van der Waals surface area contributed by atoms with Crippen LogP contribution in [0.2, 0.25) is 0 Å². The monoisotopic (exact) mass is 467 g/mol. The molecule has 0 saturated carbocycles. The van der Waals surface area contributed by atoms with Crippen molar-refractivity contribution in [3.05, 3.63) is 120 Å². The molecule has 2 aromatic heterocycles. The number of rotatable bonds is 8. The lowest BCUT2D eigenvalue weighted by molar-refractivity contribution is 0.0690. The maximum atomic E-state index is 13.3. The molecule has 7 heteroatoms. The van der Waals surface area contributed by atoms with E-state index < -0.39 is 5.97 Å². The molecule has 5 aromatic rings. The van der Waals surface area contributed by atoms with Gasteiger partial charge in [-0.15, -0.1) is 0 Å². The van der Waals surface area contributed by atoms with Crippen molar-refractivity contribution in [1.82, 2.24) is 14.8 Å². The van der Waals surface area contributed by atoms with E-state index in [9.17, 15) is 14.3 Å². The maximum Gasteiger partial charge on any atom is 0.353 e. The van der Waals surface area contributed by atoms with Gasteiger partial charge in [-0.2, -0.15) is 5.10 Å². The number of H-pyrrole nitrogens is 1. The summed E-state index contributed by atoms with van der Waals surface area (Å²) in [4.78, 5) is 11.4. The van der Waals surface area contributed by atoms with Crippen LogP contribution >= 0.6 is 0 Å². The number of carboxylic acid groups (broad SMARTS) is 1. The third-order valence-corrected chi connectivity index (χ3v) is 5.66. The van der Waals surface area contributed by atoms with Gasteiger partial charge in [0.2, 0.25) is 0 Å². The van der Waals surface area contributed by atoms with Crippen LogP contribution in [0, 0.1) is 5.82 Å². The van der Waals surface area contributed by atoms with Crippen molar-refractivity contribution < 1.29 is 19.0 Å². The van der Waals surface area contributed by atoms with Crippen LogP contribution in [-0.4, -0.2) is 25.8 Å². The van der Waals surface area contributed by atoms with Crippen LogP contribution in [0.25, 0.3) is 22.4 Å². The van der Waals surface area contributed by atoms with Gasteiger partial charge in [-0.25, -0.2) is 9.18 Å². The van der Waals surface area contributed by atoms with E-state index in [-0.39, 0.29) is 11.5 Å². The number of benzene rings is 3. The molecule has 2 N–H and O–H groups in total. The zero-order valence-electron chi connectivity index (χ0n) is 18.7. The Morgan fingerprint density at radius 2 is 1.63 bits per heavy atom. The first-order chi connectivity index (χ1) is 17.0. The number of aromatic carboxylic acids is 1. The molecule has 0 amide bonds. The topological polar surface area (TPSA) is 80.1 Å². The van der Waals surface area contributed by atoms with Gasteiger partial charge in [-0.1, -0.05) is 54.6 Å². The maximum absolute atomic E-state index is 13.3. The van der Waals surface area contributed by atoms with E-state index in [0.29, 0.717) is 18.8 Å². The molecular formula is C28H22FN3O3. The molecule has 0 unspecified atom stereocenters. The number of nitrogens with one attached hydrogen (secondary N) is 1. The van der Waals surface area contributed by atoms with Crippen LogP contribution in [-0.2, 0) is 13.2 Å². The normalized spacial score (nSPS) is 10.9. The lowest BCUT2D eigenvalue weighted by Gasteiger charge is -2.08. The summed E-state index contributed by atoms with van der Waals surface area (Å²) in [7, 11) is 0. The van der Waals surface area contributed by atoms with Gasteiger partial charge in [-0.3, -0.25) is 5.10 Å². The molecule has 0 radical (unpaired) electrons. The highest BCUT2D eigenvalue weighted by Gasteiger charge is 2.16. The summed E-state index contributed by atoms with van der Waals surface area (Å²) in [6, 6.07) is 25.6. The van der Waals surface area contributed by atoms with Crippen molar-refractivity contribution in [1.29, 1.82) is 0 Å². The number of hydrogen-bond acceptors (Lipinski definition) is 3.